The Morgan fingerprint density at radius 3 is 2.58 bits per heavy atom. The van der Waals surface area contributed by atoms with Crippen LogP contribution in [0.5, 0.6) is 5.75 Å². The summed E-state index contributed by atoms with van der Waals surface area (Å²) < 4.78 is 5.41. The van der Waals surface area contributed by atoms with Crippen LogP contribution in [0, 0.1) is 0 Å². The van der Waals surface area contributed by atoms with Crippen LogP contribution in [0.15, 0.2) is 18.2 Å². The Hall–Kier alpha value is -0.520. The molecule has 108 valence electrons. The summed E-state index contributed by atoms with van der Waals surface area (Å²) >= 11 is 11.6. The first-order chi connectivity index (χ1) is 8.84. The molecule has 0 amide bonds. The fourth-order valence-electron chi connectivity index (χ4n) is 1.27. The van der Waals surface area contributed by atoms with E-state index in [1.807, 2.05) is 13.8 Å². The molecule has 1 aromatic carbocycles. The van der Waals surface area contributed by atoms with E-state index in [2.05, 4.69) is 5.32 Å². The number of hydrogen-bond acceptors (Lipinski definition) is 4. The van der Waals surface area contributed by atoms with Gasteiger partial charge in [-0.3, -0.25) is 0 Å². The summed E-state index contributed by atoms with van der Waals surface area (Å²) in [4.78, 5) is 0. The first-order valence-electron chi connectivity index (χ1n) is 5.96. The molecule has 0 spiro atoms. The second-order valence-electron chi connectivity index (χ2n) is 4.96. The summed E-state index contributed by atoms with van der Waals surface area (Å²) in [5.41, 5.74) is -0.426. The van der Waals surface area contributed by atoms with Gasteiger partial charge in [0.2, 0.25) is 0 Å². The zero-order valence-electron chi connectivity index (χ0n) is 11.0. The Kier molecular flexibility index (Phi) is 6.36. The van der Waals surface area contributed by atoms with Gasteiger partial charge in [-0.2, -0.15) is 0 Å². The highest BCUT2D eigenvalue weighted by atomic mass is 35.5. The second-order valence-corrected chi connectivity index (χ2v) is 5.78. The van der Waals surface area contributed by atoms with Crippen molar-refractivity contribution in [3.63, 3.8) is 0 Å². The van der Waals surface area contributed by atoms with Crippen molar-refractivity contribution in [2.75, 3.05) is 19.8 Å². The molecule has 1 aromatic rings. The van der Waals surface area contributed by atoms with Gasteiger partial charge in [-0.05, 0) is 26.0 Å². The summed E-state index contributed by atoms with van der Waals surface area (Å²) in [5.74, 6) is 0.551. The van der Waals surface area contributed by atoms with Gasteiger partial charge in [0, 0.05) is 18.2 Å². The van der Waals surface area contributed by atoms with Crippen LogP contribution in [0.3, 0.4) is 0 Å². The smallest absolute Gasteiger partial charge is 0.121 e. The van der Waals surface area contributed by atoms with E-state index in [0.29, 0.717) is 22.3 Å². The summed E-state index contributed by atoms with van der Waals surface area (Å²) in [6.45, 7) is 4.15. The minimum Gasteiger partial charge on any atom is -0.491 e. The number of ether oxygens (including phenoxy) is 1. The van der Waals surface area contributed by atoms with Crippen molar-refractivity contribution in [1.29, 1.82) is 0 Å². The minimum atomic E-state index is -0.680. The molecule has 1 rings (SSSR count). The van der Waals surface area contributed by atoms with Gasteiger partial charge in [-0.1, -0.05) is 23.2 Å². The SMILES string of the molecule is CC(C)(CO)NCC(O)COc1ccc(Cl)c(Cl)c1. The molecule has 19 heavy (non-hydrogen) atoms. The van der Waals surface area contributed by atoms with E-state index < -0.39 is 11.6 Å². The van der Waals surface area contributed by atoms with Crippen LogP contribution in [-0.4, -0.2) is 41.6 Å². The van der Waals surface area contributed by atoms with Crippen molar-refractivity contribution in [2.45, 2.75) is 25.5 Å². The number of hydrogen-bond donors (Lipinski definition) is 3. The molecule has 6 heteroatoms. The van der Waals surface area contributed by atoms with Crippen molar-refractivity contribution < 1.29 is 14.9 Å². The van der Waals surface area contributed by atoms with Gasteiger partial charge in [0.05, 0.1) is 16.7 Å². The predicted molar refractivity (Wildman–Crippen MR) is 77.1 cm³/mol. The quantitative estimate of drug-likeness (QED) is 0.722. The molecule has 0 fully saturated rings. The second kappa shape index (κ2) is 7.31. The zero-order chi connectivity index (χ0) is 14.5. The van der Waals surface area contributed by atoms with E-state index in [0.717, 1.165) is 0 Å². The van der Waals surface area contributed by atoms with E-state index >= 15 is 0 Å². The van der Waals surface area contributed by atoms with Gasteiger partial charge in [0.25, 0.3) is 0 Å². The number of halogens is 2. The predicted octanol–water partition coefficient (Wildman–Crippen LogP) is 2.09. The minimum absolute atomic E-state index is 0.00658. The third-order valence-corrected chi connectivity index (χ3v) is 3.28. The molecule has 0 saturated carbocycles. The van der Waals surface area contributed by atoms with Gasteiger partial charge >= 0.3 is 0 Å². The Morgan fingerprint density at radius 2 is 2.00 bits per heavy atom. The maximum absolute atomic E-state index is 9.77. The van der Waals surface area contributed by atoms with Crippen molar-refractivity contribution >= 4 is 23.2 Å². The van der Waals surface area contributed by atoms with E-state index in [1.165, 1.54) is 0 Å². The first-order valence-corrected chi connectivity index (χ1v) is 6.71. The molecule has 0 radical (unpaired) electrons. The zero-order valence-corrected chi connectivity index (χ0v) is 12.5. The average Bonchev–Trinajstić information content (AvgIpc) is 2.38. The van der Waals surface area contributed by atoms with E-state index in [-0.39, 0.29) is 13.2 Å². The number of aliphatic hydroxyl groups is 2. The van der Waals surface area contributed by atoms with E-state index in [4.69, 9.17) is 33.0 Å². The van der Waals surface area contributed by atoms with Crippen molar-refractivity contribution in [3.8, 4) is 5.75 Å². The molecule has 3 N–H and O–H groups in total. The maximum atomic E-state index is 9.77. The molecule has 0 aliphatic heterocycles. The summed E-state index contributed by atoms with van der Waals surface area (Å²) in [6.07, 6.45) is -0.680. The van der Waals surface area contributed by atoms with Gasteiger partial charge in [-0.25, -0.2) is 0 Å². The fourth-order valence-corrected chi connectivity index (χ4v) is 1.56. The number of rotatable bonds is 7. The average molecular weight is 308 g/mol. The van der Waals surface area contributed by atoms with Crippen LogP contribution < -0.4 is 10.1 Å². The molecule has 0 aliphatic carbocycles. The summed E-state index contributed by atoms with van der Waals surface area (Å²) in [5, 5.41) is 22.7. The molecule has 4 nitrogen and oxygen atoms in total. The number of aliphatic hydroxyl groups excluding tert-OH is 2. The number of benzene rings is 1. The highest BCUT2D eigenvalue weighted by molar-refractivity contribution is 6.42. The lowest BCUT2D eigenvalue weighted by Crippen LogP contribution is -2.47. The normalized spacial score (nSPS) is 13.4. The third-order valence-electron chi connectivity index (χ3n) is 2.54. The van der Waals surface area contributed by atoms with Crippen LogP contribution in [0.25, 0.3) is 0 Å². The number of nitrogens with one attached hydrogen (secondary N) is 1. The van der Waals surface area contributed by atoms with Gasteiger partial charge < -0.3 is 20.3 Å². The van der Waals surface area contributed by atoms with Crippen molar-refractivity contribution in [3.05, 3.63) is 28.2 Å². The molecule has 0 aromatic heterocycles. The van der Waals surface area contributed by atoms with Crippen LogP contribution in [0.2, 0.25) is 10.0 Å². The van der Waals surface area contributed by atoms with Gasteiger partial charge in [0.1, 0.15) is 18.5 Å². The third kappa shape index (κ3) is 5.97. The van der Waals surface area contributed by atoms with Gasteiger partial charge in [-0.15, -0.1) is 0 Å². The largest absolute Gasteiger partial charge is 0.491 e. The first kappa shape index (κ1) is 16.5. The lowest BCUT2D eigenvalue weighted by atomic mass is 10.1. The lowest BCUT2D eigenvalue weighted by molar-refractivity contribution is 0.0907. The van der Waals surface area contributed by atoms with Crippen LogP contribution in [-0.2, 0) is 0 Å². The Morgan fingerprint density at radius 1 is 1.32 bits per heavy atom. The van der Waals surface area contributed by atoms with E-state index in [9.17, 15) is 5.11 Å². The highest BCUT2D eigenvalue weighted by Gasteiger charge is 2.17. The number of β-amino-alcohol motifs (C(OH)–C–C–N with tert-alkyl or cyclic N) is 1. The summed E-state index contributed by atoms with van der Waals surface area (Å²) in [7, 11) is 0. The molecule has 1 unspecified atom stereocenters. The summed E-state index contributed by atoms with van der Waals surface area (Å²) in [6, 6.07) is 4.92. The molecule has 0 bridgehead atoms. The molecule has 0 saturated heterocycles. The highest BCUT2D eigenvalue weighted by Crippen LogP contribution is 2.26. The standard InChI is InChI=1S/C13H19Cl2NO3/c1-13(2,8-17)16-6-9(18)7-19-10-3-4-11(14)12(15)5-10/h3-5,9,16-18H,6-8H2,1-2H3. The van der Waals surface area contributed by atoms with Crippen LogP contribution >= 0.6 is 23.2 Å². The topological polar surface area (TPSA) is 61.7 Å². The Bertz CT molecular complexity index is 413. The molecule has 0 heterocycles. The fraction of sp³-hybridized carbons (Fsp3) is 0.538. The monoisotopic (exact) mass is 307 g/mol. The Labute approximate surface area is 123 Å². The van der Waals surface area contributed by atoms with Crippen molar-refractivity contribution in [2.24, 2.45) is 0 Å². The lowest BCUT2D eigenvalue weighted by Gasteiger charge is -2.25. The molecular weight excluding hydrogens is 289 g/mol. The van der Waals surface area contributed by atoms with Crippen molar-refractivity contribution in [1.82, 2.24) is 5.32 Å². The van der Waals surface area contributed by atoms with Gasteiger partial charge in [0.15, 0.2) is 0 Å². The maximum Gasteiger partial charge on any atom is 0.121 e. The molecular formula is C13H19Cl2NO3. The molecule has 1 atom stereocenters. The van der Waals surface area contributed by atoms with E-state index in [1.54, 1.807) is 18.2 Å². The van der Waals surface area contributed by atoms with Crippen LogP contribution in [0.4, 0.5) is 0 Å². The van der Waals surface area contributed by atoms with Crippen LogP contribution in [0.1, 0.15) is 13.8 Å². The molecule has 0 aliphatic rings. The Balaban J connectivity index is 2.37.